The van der Waals surface area contributed by atoms with E-state index in [4.69, 9.17) is 14.6 Å². The Balaban J connectivity index is 0.000000426. The number of hydrogen-bond acceptors (Lipinski definition) is 6. The van der Waals surface area contributed by atoms with Crippen molar-refractivity contribution in [1.29, 1.82) is 0 Å². The number of hydrogen-bond donors (Lipinski definition) is 1. The molecule has 1 amide bonds. The SMILES string of the molecule is Cc1cc(C(=O)N2CCC(F)(F)[C@@H](Oc3ccc4ccccc4n3)C2)n2nccc2n1.O=C(O)C(F)(F)F. The molecule has 5 rings (SSSR count). The molecule has 0 bridgehead atoms. The highest BCUT2D eigenvalue weighted by molar-refractivity contribution is 5.93. The van der Waals surface area contributed by atoms with Crippen molar-refractivity contribution >= 4 is 28.4 Å². The first-order chi connectivity index (χ1) is 17.8. The number of carboxylic acids is 1. The lowest BCUT2D eigenvalue weighted by Gasteiger charge is -2.37. The summed E-state index contributed by atoms with van der Waals surface area (Å²) >= 11 is 0. The first-order valence-corrected chi connectivity index (χ1v) is 11.2. The average Bonchev–Trinajstić information content (AvgIpc) is 3.32. The number of fused-ring (bicyclic) bond motifs is 2. The number of para-hydroxylation sites is 1. The highest BCUT2D eigenvalue weighted by atomic mass is 19.4. The van der Waals surface area contributed by atoms with Gasteiger partial charge in [0.2, 0.25) is 5.88 Å². The van der Waals surface area contributed by atoms with Gasteiger partial charge in [-0.3, -0.25) is 4.79 Å². The van der Waals surface area contributed by atoms with Crippen LogP contribution in [-0.2, 0) is 4.79 Å². The Bertz CT molecular complexity index is 1490. The summed E-state index contributed by atoms with van der Waals surface area (Å²) in [5.41, 5.74) is 2.10. The number of pyridine rings is 1. The number of nitrogens with zero attached hydrogens (tertiary/aromatic N) is 5. The van der Waals surface area contributed by atoms with Crippen molar-refractivity contribution in [3.63, 3.8) is 0 Å². The van der Waals surface area contributed by atoms with Crippen LogP contribution < -0.4 is 4.74 Å². The molecule has 4 aromatic rings. The van der Waals surface area contributed by atoms with Crippen molar-refractivity contribution < 1.29 is 41.4 Å². The summed E-state index contributed by atoms with van der Waals surface area (Å²) in [5, 5.41) is 12.1. The standard InChI is InChI=1S/C22H19F2N5O2.C2HF3O2/c1-14-12-17(29-19(26-14)8-10-25-29)21(30)28-11-9-22(23,24)18(13-28)31-20-7-6-15-4-2-3-5-16(15)27-20;3-2(4,5)1(6)7/h2-8,10,12,18H,9,11,13H2,1H3;(H,6,7)/t18-;/m0./s1. The number of piperidine rings is 1. The Hall–Kier alpha value is -4.36. The Morgan fingerprint density at radius 1 is 1.11 bits per heavy atom. The maximum atomic E-state index is 14.7. The fourth-order valence-electron chi connectivity index (χ4n) is 3.79. The van der Waals surface area contributed by atoms with E-state index in [1.54, 1.807) is 43.5 Å². The number of benzene rings is 1. The van der Waals surface area contributed by atoms with Crippen LogP contribution in [0.2, 0.25) is 0 Å². The van der Waals surface area contributed by atoms with Gasteiger partial charge in [-0.05, 0) is 25.1 Å². The molecule has 1 fully saturated rings. The van der Waals surface area contributed by atoms with Crippen molar-refractivity contribution in [3.8, 4) is 5.88 Å². The van der Waals surface area contributed by atoms with E-state index in [0.29, 0.717) is 16.9 Å². The number of rotatable bonds is 3. The summed E-state index contributed by atoms with van der Waals surface area (Å²) < 4.78 is 68.1. The molecule has 1 N–H and O–H groups in total. The second-order valence-corrected chi connectivity index (χ2v) is 8.40. The number of likely N-dealkylation sites (tertiary alicyclic amines) is 1. The zero-order valence-electron chi connectivity index (χ0n) is 19.7. The Labute approximate surface area is 211 Å². The lowest BCUT2D eigenvalue weighted by Crippen LogP contribution is -2.55. The molecule has 1 aromatic carbocycles. The summed E-state index contributed by atoms with van der Waals surface area (Å²) in [5.74, 6) is -6.13. The fraction of sp³-hybridized carbons (Fsp3) is 0.292. The summed E-state index contributed by atoms with van der Waals surface area (Å²) in [6.07, 6.45) is -5.54. The van der Waals surface area contributed by atoms with E-state index in [1.807, 2.05) is 18.2 Å². The third-order valence-corrected chi connectivity index (χ3v) is 5.64. The van der Waals surface area contributed by atoms with Crippen molar-refractivity contribution in [2.45, 2.75) is 31.5 Å². The molecule has 0 saturated carbocycles. The lowest BCUT2D eigenvalue weighted by atomic mass is 10.0. The lowest BCUT2D eigenvalue weighted by molar-refractivity contribution is -0.192. The van der Waals surface area contributed by atoms with Crippen molar-refractivity contribution in [3.05, 3.63) is 66.1 Å². The number of aliphatic carboxylic acids is 1. The van der Waals surface area contributed by atoms with E-state index in [1.165, 1.54) is 9.42 Å². The van der Waals surface area contributed by atoms with Gasteiger partial charge >= 0.3 is 12.1 Å². The van der Waals surface area contributed by atoms with Crippen LogP contribution in [0.15, 0.2) is 54.7 Å². The largest absolute Gasteiger partial charge is 0.490 e. The number of carbonyl (C=O) groups is 2. The number of aryl methyl sites for hydroxylation is 1. The van der Waals surface area contributed by atoms with Gasteiger partial charge in [-0.1, -0.05) is 18.2 Å². The minimum Gasteiger partial charge on any atom is -0.475 e. The minimum absolute atomic E-state index is 0.0824. The molecule has 38 heavy (non-hydrogen) atoms. The molecule has 1 aliphatic rings. The van der Waals surface area contributed by atoms with Crippen molar-refractivity contribution in [2.75, 3.05) is 13.1 Å². The number of aromatic nitrogens is 4. The predicted octanol–water partition coefficient (Wildman–Crippen LogP) is 4.15. The first-order valence-electron chi connectivity index (χ1n) is 11.2. The second-order valence-electron chi connectivity index (χ2n) is 8.40. The van der Waals surface area contributed by atoms with Gasteiger partial charge in [-0.2, -0.15) is 18.3 Å². The third kappa shape index (κ3) is 5.79. The van der Waals surface area contributed by atoms with Gasteiger partial charge in [0.05, 0.1) is 18.3 Å². The molecular weight excluding hydrogens is 517 g/mol. The molecular formula is C24H20F5N5O4. The van der Waals surface area contributed by atoms with E-state index in [0.717, 1.165) is 5.39 Å². The van der Waals surface area contributed by atoms with Crippen LogP contribution >= 0.6 is 0 Å². The highest BCUT2D eigenvalue weighted by Gasteiger charge is 2.47. The Morgan fingerprint density at radius 3 is 2.53 bits per heavy atom. The molecule has 0 radical (unpaired) electrons. The van der Waals surface area contributed by atoms with E-state index < -0.39 is 36.5 Å². The molecule has 3 aromatic heterocycles. The van der Waals surface area contributed by atoms with E-state index in [-0.39, 0.29) is 24.7 Å². The number of halogens is 5. The van der Waals surface area contributed by atoms with Gasteiger partial charge in [0, 0.05) is 36.2 Å². The van der Waals surface area contributed by atoms with Crippen LogP contribution in [0, 0.1) is 6.92 Å². The van der Waals surface area contributed by atoms with Crippen LogP contribution in [-0.4, -0.2) is 72.8 Å². The van der Waals surface area contributed by atoms with Gasteiger partial charge < -0.3 is 14.7 Å². The summed E-state index contributed by atoms with van der Waals surface area (Å²) in [6, 6.07) is 14.0. The molecule has 1 atom stereocenters. The van der Waals surface area contributed by atoms with Gasteiger partial charge in [0.15, 0.2) is 11.8 Å². The molecule has 0 aliphatic carbocycles. The molecule has 1 saturated heterocycles. The number of carbonyl (C=O) groups excluding carboxylic acids is 1. The molecule has 14 heteroatoms. The summed E-state index contributed by atoms with van der Waals surface area (Å²) in [6.45, 7) is 1.43. The van der Waals surface area contributed by atoms with Crippen molar-refractivity contribution in [1.82, 2.24) is 24.5 Å². The van der Waals surface area contributed by atoms with Crippen molar-refractivity contribution in [2.24, 2.45) is 0 Å². The maximum Gasteiger partial charge on any atom is 0.490 e. The Kier molecular flexibility index (Phi) is 7.16. The number of alkyl halides is 5. The Morgan fingerprint density at radius 2 is 1.82 bits per heavy atom. The zero-order chi connectivity index (χ0) is 27.7. The summed E-state index contributed by atoms with van der Waals surface area (Å²) in [4.78, 5) is 32.1. The average molecular weight is 537 g/mol. The first kappa shape index (κ1) is 26.7. The number of amides is 1. The van der Waals surface area contributed by atoms with Crippen LogP contribution in [0.25, 0.3) is 16.6 Å². The quantitative estimate of drug-likeness (QED) is 0.391. The van der Waals surface area contributed by atoms with Crippen LogP contribution in [0.5, 0.6) is 5.88 Å². The molecule has 9 nitrogen and oxygen atoms in total. The third-order valence-electron chi connectivity index (χ3n) is 5.64. The van der Waals surface area contributed by atoms with E-state index in [9.17, 15) is 26.7 Å². The minimum atomic E-state index is -5.08. The zero-order valence-corrected chi connectivity index (χ0v) is 19.7. The van der Waals surface area contributed by atoms with Gasteiger partial charge in [0.25, 0.3) is 11.8 Å². The van der Waals surface area contributed by atoms with Gasteiger partial charge in [-0.15, -0.1) is 0 Å². The van der Waals surface area contributed by atoms with E-state index in [2.05, 4.69) is 15.1 Å². The van der Waals surface area contributed by atoms with Gasteiger partial charge in [0.1, 0.15) is 5.69 Å². The number of carboxylic acid groups (broad SMARTS) is 1. The summed E-state index contributed by atoms with van der Waals surface area (Å²) in [7, 11) is 0. The second kappa shape index (κ2) is 10.2. The molecule has 1 aliphatic heterocycles. The molecule has 200 valence electrons. The molecule has 0 unspecified atom stereocenters. The highest BCUT2D eigenvalue weighted by Crippen LogP contribution is 2.32. The maximum absolute atomic E-state index is 14.7. The molecule has 0 spiro atoms. The number of ether oxygens (including phenoxy) is 1. The van der Waals surface area contributed by atoms with Crippen LogP contribution in [0.3, 0.4) is 0 Å². The van der Waals surface area contributed by atoms with Crippen LogP contribution in [0.1, 0.15) is 22.6 Å². The normalized spacial score (nSPS) is 17.1. The predicted molar refractivity (Wildman–Crippen MR) is 123 cm³/mol. The monoisotopic (exact) mass is 537 g/mol. The smallest absolute Gasteiger partial charge is 0.475 e. The fourth-order valence-corrected chi connectivity index (χ4v) is 3.79. The van der Waals surface area contributed by atoms with Gasteiger partial charge in [-0.25, -0.2) is 28.1 Å². The van der Waals surface area contributed by atoms with Crippen LogP contribution in [0.4, 0.5) is 22.0 Å². The van der Waals surface area contributed by atoms with E-state index >= 15 is 0 Å². The molecule has 4 heterocycles. The topological polar surface area (TPSA) is 110 Å².